The molecule has 1 heterocycles. The van der Waals surface area contributed by atoms with E-state index >= 15 is 0 Å². The summed E-state index contributed by atoms with van der Waals surface area (Å²) in [5.41, 5.74) is 0.332. The summed E-state index contributed by atoms with van der Waals surface area (Å²) in [5, 5.41) is 3.20. The predicted molar refractivity (Wildman–Crippen MR) is 103 cm³/mol. The van der Waals surface area contributed by atoms with E-state index in [4.69, 9.17) is 11.6 Å². The van der Waals surface area contributed by atoms with Gasteiger partial charge < -0.3 is 5.32 Å². The van der Waals surface area contributed by atoms with Crippen molar-refractivity contribution in [1.82, 2.24) is 9.44 Å². The normalized spacial score (nSPS) is 31.1. The summed E-state index contributed by atoms with van der Waals surface area (Å²) in [6.45, 7) is 3.36. The van der Waals surface area contributed by atoms with Gasteiger partial charge >= 0.3 is 0 Å². The maximum absolute atomic E-state index is 12.8. The lowest BCUT2D eigenvalue weighted by molar-refractivity contribution is 0.363. The van der Waals surface area contributed by atoms with Gasteiger partial charge in [-0.05, 0) is 50.7 Å². The standard InChI is InChI=1S/C17H22ClN3O4S2/c1-9(2)20-26(22,23)15-8-16-14(7-13(15)18)19-17(21-27(16,24)25)12-6-10-3-4-11(12)5-10/h3-4,7-12,17,19-21H,5-6H2,1-2H3. The molecular weight excluding hydrogens is 410 g/mol. The van der Waals surface area contributed by atoms with Crippen molar-refractivity contribution in [3.8, 4) is 0 Å². The number of benzene rings is 1. The molecule has 2 aliphatic carbocycles. The van der Waals surface area contributed by atoms with E-state index in [1.54, 1.807) is 13.8 Å². The Kier molecular flexibility index (Phi) is 4.59. The van der Waals surface area contributed by atoms with Gasteiger partial charge in [0.2, 0.25) is 20.0 Å². The molecule has 4 unspecified atom stereocenters. The largest absolute Gasteiger partial charge is 0.368 e. The van der Waals surface area contributed by atoms with Crippen molar-refractivity contribution >= 4 is 37.3 Å². The van der Waals surface area contributed by atoms with Gasteiger partial charge in [-0.3, -0.25) is 0 Å². The molecule has 0 amide bonds. The van der Waals surface area contributed by atoms with Crippen molar-refractivity contribution in [2.24, 2.45) is 17.8 Å². The SMILES string of the molecule is CC(C)NS(=O)(=O)c1cc2c(cc1Cl)NC(C1CC3C=CC1C3)NS2(=O)=O. The zero-order valence-electron chi connectivity index (χ0n) is 14.9. The second-order valence-corrected chi connectivity index (χ2v) is 11.5. The lowest BCUT2D eigenvalue weighted by Gasteiger charge is -2.35. The maximum atomic E-state index is 12.8. The van der Waals surface area contributed by atoms with Crippen molar-refractivity contribution in [2.75, 3.05) is 5.32 Å². The Labute approximate surface area is 164 Å². The highest BCUT2D eigenvalue weighted by molar-refractivity contribution is 7.90. The number of fused-ring (bicyclic) bond motifs is 3. The Bertz CT molecular complexity index is 1020. The molecule has 1 aliphatic heterocycles. The molecule has 148 valence electrons. The number of rotatable bonds is 4. The molecule has 0 saturated heterocycles. The summed E-state index contributed by atoms with van der Waals surface area (Å²) >= 11 is 6.21. The molecule has 2 bridgehead atoms. The van der Waals surface area contributed by atoms with E-state index in [9.17, 15) is 16.8 Å². The van der Waals surface area contributed by atoms with Gasteiger partial charge in [0.15, 0.2) is 0 Å². The van der Waals surface area contributed by atoms with E-state index < -0.39 is 26.2 Å². The Hall–Kier alpha value is -1.13. The van der Waals surface area contributed by atoms with Crippen LogP contribution in [0, 0.1) is 17.8 Å². The first kappa shape index (κ1) is 19.2. The van der Waals surface area contributed by atoms with Crippen LogP contribution >= 0.6 is 11.6 Å². The van der Waals surface area contributed by atoms with Crippen molar-refractivity contribution in [1.29, 1.82) is 0 Å². The number of anilines is 1. The molecule has 0 spiro atoms. The zero-order chi connectivity index (χ0) is 19.6. The third kappa shape index (κ3) is 3.40. The monoisotopic (exact) mass is 431 g/mol. The van der Waals surface area contributed by atoms with Crippen LogP contribution in [0.4, 0.5) is 5.69 Å². The summed E-state index contributed by atoms with van der Waals surface area (Å²) in [5.74, 6) is 1.01. The molecular formula is C17H22ClN3O4S2. The second kappa shape index (κ2) is 6.45. The van der Waals surface area contributed by atoms with Crippen LogP contribution in [0.3, 0.4) is 0 Å². The van der Waals surface area contributed by atoms with E-state index in [0.717, 1.165) is 18.9 Å². The van der Waals surface area contributed by atoms with Crippen LogP contribution in [0.15, 0.2) is 34.1 Å². The number of sulfonamides is 2. The van der Waals surface area contributed by atoms with Crippen LogP contribution in [-0.2, 0) is 20.0 Å². The fourth-order valence-electron chi connectivity index (χ4n) is 4.28. The average molecular weight is 432 g/mol. The molecule has 4 rings (SSSR count). The van der Waals surface area contributed by atoms with Crippen LogP contribution in [0.1, 0.15) is 26.7 Å². The summed E-state index contributed by atoms with van der Waals surface area (Å²) in [6.07, 6.45) is 5.90. The Morgan fingerprint density at radius 1 is 1.22 bits per heavy atom. The minimum atomic E-state index is -3.92. The molecule has 0 radical (unpaired) electrons. The molecule has 1 fully saturated rings. The molecule has 1 saturated carbocycles. The minimum Gasteiger partial charge on any atom is -0.368 e. The Morgan fingerprint density at radius 2 is 1.96 bits per heavy atom. The molecule has 0 aromatic heterocycles. The third-order valence-corrected chi connectivity index (χ3v) is 8.96. The highest BCUT2D eigenvalue weighted by atomic mass is 35.5. The minimum absolute atomic E-state index is 0.0157. The van der Waals surface area contributed by atoms with Gasteiger partial charge in [-0.25, -0.2) is 21.6 Å². The van der Waals surface area contributed by atoms with Gasteiger partial charge in [0.05, 0.1) is 16.9 Å². The highest BCUT2D eigenvalue weighted by Gasteiger charge is 2.44. The van der Waals surface area contributed by atoms with Crippen LogP contribution in [0.2, 0.25) is 5.02 Å². The molecule has 3 N–H and O–H groups in total. The van der Waals surface area contributed by atoms with Gasteiger partial charge in [0.25, 0.3) is 0 Å². The first-order valence-corrected chi connectivity index (χ1v) is 12.2. The topological polar surface area (TPSA) is 104 Å². The molecule has 1 aromatic carbocycles. The van der Waals surface area contributed by atoms with Crippen LogP contribution < -0.4 is 14.8 Å². The molecule has 10 heteroatoms. The van der Waals surface area contributed by atoms with Gasteiger partial charge in [-0.15, -0.1) is 0 Å². The predicted octanol–water partition coefficient (Wildman–Crippen LogP) is 2.27. The number of hydrogen-bond donors (Lipinski definition) is 3. The van der Waals surface area contributed by atoms with Gasteiger partial charge in [0, 0.05) is 12.0 Å². The summed E-state index contributed by atoms with van der Waals surface area (Å²) in [7, 11) is -7.78. The number of hydrogen-bond acceptors (Lipinski definition) is 5. The number of nitrogens with one attached hydrogen (secondary N) is 3. The molecule has 7 nitrogen and oxygen atoms in total. The number of halogens is 1. The first-order valence-electron chi connectivity index (χ1n) is 8.90. The van der Waals surface area contributed by atoms with Gasteiger partial charge in [-0.1, -0.05) is 23.8 Å². The van der Waals surface area contributed by atoms with Crippen molar-refractivity contribution in [3.63, 3.8) is 0 Å². The fraction of sp³-hybridized carbons (Fsp3) is 0.529. The van der Waals surface area contributed by atoms with Crippen molar-refractivity contribution in [2.45, 2.75) is 48.7 Å². The summed E-state index contributed by atoms with van der Waals surface area (Å²) in [4.78, 5) is -0.351. The van der Waals surface area contributed by atoms with Gasteiger partial charge in [0.1, 0.15) is 9.79 Å². The lowest BCUT2D eigenvalue weighted by Crippen LogP contribution is -2.50. The fourth-order valence-corrected chi connectivity index (χ4v) is 7.53. The maximum Gasteiger partial charge on any atom is 0.244 e. The van der Waals surface area contributed by atoms with Crippen LogP contribution in [0.25, 0.3) is 0 Å². The molecule has 4 atom stereocenters. The highest BCUT2D eigenvalue weighted by Crippen LogP contribution is 2.46. The third-order valence-electron chi connectivity index (χ3n) is 5.36. The van der Waals surface area contributed by atoms with Crippen LogP contribution in [-0.4, -0.2) is 29.0 Å². The summed E-state index contributed by atoms with van der Waals surface area (Å²) < 4.78 is 55.7. The molecule has 1 aromatic rings. The van der Waals surface area contributed by atoms with Crippen molar-refractivity contribution < 1.29 is 16.8 Å². The first-order chi connectivity index (χ1) is 12.6. The van der Waals surface area contributed by atoms with E-state index in [1.165, 1.54) is 6.07 Å². The molecule has 27 heavy (non-hydrogen) atoms. The summed E-state index contributed by atoms with van der Waals surface area (Å²) in [6, 6.07) is 2.17. The lowest BCUT2D eigenvalue weighted by atomic mass is 9.91. The van der Waals surface area contributed by atoms with Crippen LogP contribution in [0.5, 0.6) is 0 Å². The van der Waals surface area contributed by atoms with Gasteiger partial charge in [-0.2, -0.15) is 4.72 Å². The average Bonchev–Trinajstić information content (AvgIpc) is 3.14. The quantitative estimate of drug-likeness (QED) is 0.634. The van der Waals surface area contributed by atoms with E-state index in [2.05, 4.69) is 26.9 Å². The Balaban J connectivity index is 1.72. The zero-order valence-corrected chi connectivity index (χ0v) is 17.3. The van der Waals surface area contributed by atoms with Crippen molar-refractivity contribution in [3.05, 3.63) is 29.3 Å². The number of allylic oxidation sites excluding steroid dienone is 2. The molecule has 3 aliphatic rings. The smallest absolute Gasteiger partial charge is 0.244 e. The van der Waals surface area contributed by atoms with E-state index in [-0.39, 0.29) is 26.8 Å². The van der Waals surface area contributed by atoms with E-state index in [1.807, 2.05) is 0 Å². The second-order valence-electron chi connectivity index (χ2n) is 7.74. The van der Waals surface area contributed by atoms with E-state index in [0.29, 0.717) is 17.5 Å². The Morgan fingerprint density at radius 3 is 2.56 bits per heavy atom.